The van der Waals surface area contributed by atoms with Crippen LogP contribution in [0.5, 0.6) is 0 Å². The Labute approximate surface area is 193 Å². The van der Waals surface area contributed by atoms with E-state index in [9.17, 15) is 9.59 Å². The summed E-state index contributed by atoms with van der Waals surface area (Å²) in [6.07, 6.45) is 0.555. The van der Waals surface area contributed by atoms with Crippen LogP contribution in [0.3, 0.4) is 0 Å². The van der Waals surface area contributed by atoms with Crippen molar-refractivity contribution in [2.24, 2.45) is 0 Å². The van der Waals surface area contributed by atoms with Crippen molar-refractivity contribution in [3.63, 3.8) is 0 Å². The highest BCUT2D eigenvalue weighted by molar-refractivity contribution is 7.80. The number of piperazine rings is 1. The molecule has 0 radical (unpaired) electrons. The average molecular weight is 445 g/mol. The lowest BCUT2D eigenvalue weighted by molar-refractivity contribution is 0.0976. The Kier molecular flexibility index (Phi) is 5.62. The first kappa shape index (κ1) is 20.6. The molecule has 32 heavy (non-hydrogen) atoms. The Morgan fingerprint density at radius 1 is 0.938 bits per heavy atom. The number of thiol groups is 1. The van der Waals surface area contributed by atoms with Gasteiger partial charge in [0.2, 0.25) is 0 Å². The van der Waals surface area contributed by atoms with Crippen molar-refractivity contribution in [3.05, 3.63) is 83.4 Å². The molecule has 0 saturated carbocycles. The Morgan fingerprint density at radius 2 is 1.56 bits per heavy atom. The maximum absolute atomic E-state index is 12.8. The fourth-order valence-corrected chi connectivity index (χ4v) is 4.98. The molecule has 0 bridgehead atoms. The van der Waals surface area contributed by atoms with Gasteiger partial charge in [-0.15, -0.1) is 12.6 Å². The van der Waals surface area contributed by atoms with E-state index < -0.39 is 0 Å². The van der Waals surface area contributed by atoms with Crippen molar-refractivity contribution in [2.45, 2.75) is 10.8 Å². The highest BCUT2D eigenvalue weighted by Crippen LogP contribution is 2.44. The molecular weight excluding hydrogens is 420 g/mol. The van der Waals surface area contributed by atoms with Crippen LogP contribution < -0.4 is 4.90 Å². The van der Waals surface area contributed by atoms with Gasteiger partial charge in [-0.05, 0) is 40.5 Å². The number of fused-ring (bicyclic) bond motifs is 3. The summed E-state index contributed by atoms with van der Waals surface area (Å²) in [6, 6.07) is 22.2. The highest BCUT2D eigenvalue weighted by Gasteiger charge is 2.30. The maximum atomic E-state index is 12.8. The molecule has 1 fully saturated rings. The third-order valence-corrected chi connectivity index (χ3v) is 6.56. The minimum absolute atomic E-state index is 0.0625. The predicted octanol–water partition coefficient (Wildman–Crippen LogP) is 4.86. The van der Waals surface area contributed by atoms with Crippen molar-refractivity contribution < 1.29 is 14.3 Å². The Bertz CT molecular complexity index is 1130. The SMILES string of the molecule is O=Cc1cc(S)cc(N2CCN(C(=O)OCC3c4ccccc4-c4ccccc43)CC2)c1. The molecule has 0 aromatic heterocycles. The summed E-state index contributed by atoms with van der Waals surface area (Å²) in [4.78, 5) is 28.6. The molecule has 0 spiro atoms. The third kappa shape index (κ3) is 3.86. The molecule has 5 nitrogen and oxygen atoms in total. The molecule has 1 heterocycles. The maximum Gasteiger partial charge on any atom is 0.409 e. The number of carbonyl (C=O) groups excluding carboxylic acids is 2. The van der Waals surface area contributed by atoms with E-state index in [4.69, 9.17) is 4.74 Å². The van der Waals surface area contributed by atoms with Gasteiger partial charge in [-0.3, -0.25) is 4.79 Å². The second-order valence-corrected chi connectivity index (χ2v) is 8.70. The fourth-order valence-electron chi connectivity index (χ4n) is 4.70. The van der Waals surface area contributed by atoms with Gasteiger partial charge >= 0.3 is 6.09 Å². The number of nitrogens with zero attached hydrogens (tertiary/aromatic N) is 2. The molecule has 0 atom stereocenters. The molecule has 162 valence electrons. The van der Waals surface area contributed by atoms with Gasteiger partial charge < -0.3 is 14.5 Å². The molecule has 0 N–H and O–H groups in total. The second kappa shape index (κ2) is 8.71. The number of rotatable bonds is 4. The number of ether oxygens (including phenoxy) is 1. The first-order valence-corrected chi connectivity index (χ1v) is 11.2. The van der Waals surface area contributed by atoms with Crippen LogP contribution in [0.2, 0.25) is 0 Å². The van der Waals surface area contributed by atoms with Crippen LogP contribution in [-0.2, 0) is 4.74 Å². The van der Waals surface area contributed by atoms with E-state index in [1.807, 2.05) is 36.4 Å². The summed E-state index contributed by atoms with van der Waals surface area (Å²) in [5.41, 5.74) is 6.42. The van der Waals surface area contributed by atoms with E-state index >= 15 is 0 Å². The van der Waals surface area contributed by atoms with Crippen LogP contribution in [0.15, 0.2) is 71.6 Å². The van der Waals surface area contributed by atoms with Crippen LogP contribution in [-0.4, -0.2) is 50.1 Å². The first-order valence-electron chi connectivity index (χ1n) is 10.8. The van der Waals surface area contributed by atoms with Gasteiger partial charge in [0, 0.05) is 48.2 Å². The smallest absolute Gasteiger partial charge is 0.409 e. The topological polar surface area (TPSA) is 49.9 Å². The fraction of sp³-hybridized carbons (Fsp3) is 0.231. The number of amides is 1. The molecule has 3 aromatic rings. The number of hydrogen-bond donors (Lipinski definition) is 1. The van der Waals surface area contributed by atoms with E-state index in [1.54, 1.807) is 11.0 Å². The standard InChI is InChI=1S/C26H24N2O3S/c29-16-18-13-19(15-20(32)14-18)27-9-11-28(12-10-27)26(30)31-17-25-23-7-3-1-5-21(23)22-6-2-4-8-24(22)25/h1-8,13-16,25,32H,9-12,17H2. The summed E-state index contributed by atoms with van der Waals surface area (Å²) in [5.74, 6) is 0.0625. The van der Waals surface area contributed by atoms with Crippen molar-refractivity contribution in [3.8, 4) is 11.1 Å². The van der Waals surface area contributed by atoms with E-state index in [0.29, 0.717) is 38.3 Å². The van der Waals surface area contributed by atoms with Crippen molar-refractivity contribution in [1.82, 2.24) is 4.90 Å². The molecule has 3 aromatic carbocycles. The number of anilines is 1. The van der Waals surface area contributed by atoms with E-state index in [-0.39, 0.29) is 12.0 Å². The van der Waals surface area contributed by atoms with Crippen molar-refractivity contribution in [1.29, 1.82) is 0 Å². The van der Waals surface area contributed by atoms with Crippen LogP contribution in [0, 0.1) is 0 Å². The largest absolute Gasteiger partial charge is 0.448 e. The van der Waals surface area contributed by atoms with Gasteiger partial charge in [0.25, 0.3) is 0 Å². The highest BCUT2D eigenvalue weighted by atomic mass is 32.1. The van der Waals surface area contributed by atoms with Gasteiger partial charge in [-0.2, -0.15) is 0 Å². The van der Waals surface area contributed by atoms with Crippen molar-refractivity contribution >= 4 is 30.7 Å². The minimum Gasteiger partial charge on any atom is -0.448 e. The Morgan fingerprint density at radius 3 is 2.19 bits per heavy atom. The van der Waals surface area contributed by atoms with Crippen LogP contribution in [0.25, 0.3) is 11.1 Å². The minimum atomic E-state index is -0.275. The normalized spacial score (nSPS) is 15.3. The quantitative estimate of drug-likeness (QED) is 0.461. The second-order valence-electron chi connectivity index (χ2n) is 8.18. The first-order chi connectivity index (χ1) is 15.6. The zero-order chi connectivity index (χ0) is 22.1. The van der Waals surface area contributed by atoms with Crippen molar-refractivity contribution in [2.75, 3.05) is 37.7 Å². The monoisotopic (exact) mass is 444 g/mol. The lowest BCUT2D eigenvalue weighted by atomic mass is 9.98. The van der Waals surface area contributed by atoms with Gasteiger partial charge in [0.1, 0.15) is 12.9 Å². The zero-order valence-corrected chi connectivity index (χ0v) is 18.5. The molecule has 2 aliphatic rings. The number of carbonyl (C=O) groups is 2. The molecule has 6 heteroatoms. The average Bonchev–Trinajstić information content (AvgIpc) is 3.16. The Balaban J connectivity index is 1.22. The molecule has 0 unspecified atom stereocenters. The van der Waals surface area contributed by atoms with Crippen LogP contribution in [0.1, 0.15) is 27.4 Å². The summed E-state index contributed by atoms with van der Waals surface area (Å²) >= 11 is 4.39. The number of aldehydes is 1. The molecule has 1 aliphatic carbocycles. The lowest BCUT2D eigenvalue weighted by Crippen LogP contribution is -2.49. The summed E-state index contributed by atoms with van der Waals surface area (Å²) in [7, 11) is 0. The lowest BCUT2D eigenvalue weighted by Gasteiger charge is -2.35. The summed E-state index contributed by atoms with van der Waals surface area (Å²) in [5, 5.41) is 0. The molecule has 5 rings (SSSR count). The van der Waals surface area contributed by atoms with Gasteiger partial charge in [-0.1, -0.05) is 48.5 Å². The molecule has 1 amide bonds. The molecular formula is C26H24N2O3S. The van der Waals surface area contributed by atoms with Gasteiger partial charge in [-0.25, -0.2) is 4.79 Å². The number of benzene rings is 3. The number of hydrogen-bond acceptors (Lipinski definition) is 5. The van der Waals surface area contributed by atoms with Gasteiger partial charge in [0.15, 0.2) is 0 Å². The molecule has 1 aliphatic heterocycles. The van der Waals surface area contributed by atoms with E-state index in [0.717, 1.165) is 16.9 Å². The van der Waals surface area contributed by atoms with Crippen LogP contribution in [0.4, 0.5) is 10.5 Å². The third-order valence-electron chi connectivity index (χ3n) is 6.30. The van der Waals surface area contributed by atoms with Gasteiger partial charge in [0.05, 0.1) is 0 Å². The molecule has 1 saturated heterocycles. The summed E-state index contributed by atoms with van der Waals surface area (Å²) in [6.45, 7) is 2.84. The van der Waals surface area contributed by atoms with Crippen LogP contribution >= 0.6 is 12.6 Å². The van der Waals surface area contributed by atoms with E-state index in [1.165, 1.54) is 22.3 Å². The Hall–Kier alpha value is -3.25. The zero-order valence-electron chi connectivity index (χ0n) is 17.6. The predicted molar refractivity (Wildman–Crippen MR) is 128 cm³/mol. The summed E-state index contributed by atoms with van der Waals surface area (Å²) < 4.78 is 5.79. The van der Waals surface area contributed by atoms with E-state index in [2.05, 4.69) is 41.8 Å².